The summed E-state index contributed by atoms with van der Waals surface area (Å²) in [4.78, 5) is 0. The summed E-state index contributed by atoms with van der Waals surface area (Å²) in [6.45, 7) is 0. The van der Waals surface area contributed by atoms with E-state index in [4.69, 9.17) is 9.05 Å². The van der Waals surface area contributed by atoms with E-state index in [0.717, 1.165) is 5.56 Å². The van der Waals surface area contributed by atoms with Gasteiger partial charge in [-0.2, -0.15) is 0 Å². The van der Waals surface area contributed by atoms with Crippen molar-refractivity contribution in [2.24, 2.45) is 0 Å². The van der Waals surface area contributed by atoms with Crippen molar-refractivity contribution < 1.29 is 13.6 Å². The van der Waals surface area contributed by atoms with Crippen LogP contribution in [0.1, 0.15) is 5.56 Å². The van der Waals surface area contributed by atoms with Crippen LogP contribution >= 0.6 is 23.5 Å². The van der Waals surface area contributed by atoms with Crippen LogP contribution in [0.5, 0.6) is 0 Å². The summed E-state index contributed by atoms with van der Waals surface area (Å²) >= 11 is 3.21. The van der Waals surface area contributed by atoms with Gasteiger partial charge in [-0.15, -0.1) is 0 Å². The molecule has 3 nitrogen and oxygen atoms in total. The molecule has 1 aromatic carbocycles. The van der Waals surface area contributed by atoms with Crippen LogP contribution in [0.3, 0.4) is 0 Å². The van der Waals surface area contributed by atoms with E-state index < -0.39 is 7.60 Å². The fraction of sp³-hybridized carbons (Fsp3) is 0.200. The first-order chi connectivity index (χ1) is 7.12. The Labute approximate surface area is 97.8 Å². The zero-order chi connectivity index (χ0) is 11.3. The third kappa shape index (κ3) is 3.28. The monoisotopic (exact) mass is 290 g/mol. The molecule has 0 aliphatic carbocycles. The van der Waals surface area contributed by atoms with Gasteiger partial charge in [0.15, 0.2) is 0 Å². The van der Waals surface area contributed by atoms with Crippen LogP contribution in [0.2, 0.25) is 0 Å². The SMILES string of the molecule is COP(=O)(OC)/C(Br)=C/c1ccccc1. The van der Waals surface area contributed by atoms with E-state index in [9.17, 15) is 4.57 Å². The molecule has 0 saturated heterocycles. The first kappa shape index (κ1) is 12.7. The molecule has 5 heteroatoms. The maximum Gasteiger partial charge on any atom is 0.367 e. The minimum absolute atomic E-state index is 0.409. The van der Waals surface area contributed by atoms with E-state index in [1.807, 2.05) is 30.3 Å². The maximum absolute atomic E-state index is 11.9. The van der Waals surface area contributed by atoms with Crippen LogP contribution in [0.4, 0.5) is 0 Å². The van der Waals surface area contributed by atoms with Crippen molar-refractivity contribution in [2.45, 2.75) is 0 Å². The number of rotatable bonds is 4. The summed E-state index contributed by atoms with van der Waals surface area (Å²) in [5, 5.41) is 0. The predicted octanol–water partition coefficient (Wildman–Crippen LogP) is 3.87. The molecule has 0 aliphatic rings. The summed E-state index contributed by atoms with van der Waals surface area (Å²) < 4.78 is 22.0. The van der Waals surface area contributed by atoms with Crippen molar-refractivity contribution in [2.75, 3.05) is 14.2 Å². The van der Waals surface area contributed by atoms with E-state index in [2.05, 4.69) is 15.9 Å². The highest BCUT2D eigenvalue weighted by Gasteiger charge is 2.25. The van der Waals surface area contributed by atoms with Crippen LogP contribution in [0, 0.1) is 0 Å². The molecule has 1 rings (SSSR count). The van der Waals surface area contributed by atoms with Crippen LogP contribution < -0.4 is 0 Å². The zero-order valence-electron chi connectivity index (χ0n) is 8.51. The zero-order valence-corrected chi connectivity index (χ0v) is 11.0. The van der Waals surface area contributed by atoms with Gasteiger partial charge in [-0.25, -0.2) is 0 Å². The van der Waals surface area contributed by atoms with Gasteiger partial charge in [-0.1, -0.05) is 30.3 Å². The number of benzene rings is 1. The summed E-state index contributed by atoms with van der Waals surface area (Å²) in [7, 11) is -0.457. The van der Waals surface area contributed by atoms with Gasteiger partial charge in [0.1, 0.15) is 4.22 Å². The lowest BCUT2D eigenvalue weighted by Gasteiger charge is -2.12. The second-order valence-corrected chi connectivity index (χ2v) is 6.41. The normalized spacial score (nSPS) is 12.9. The third-order valence-electron chi connectivity index (χ3n) is 1.83. The number of hydrogen-bond donors (Lipinski definition) is 0. The first-order valence-electron chi connectivity index (χ1n) is 4.26. The lowest BCUT2D eigenvalue weighted by atomic mass is 10.2. The molecule has 0 aromatic heterocycles. The standard InChI is InChI=1S/C10H12BrO3P/c1-13-15(12,14-2)10(11)8-9-6-4-3-5-7-9/h3-8H,1-2H3/b10-8+. The fourth-order valence-electron chi connectivity index (χ4n) is 1.01. The summed E-state index contributed by atoms with van der Waals surface area (Å²) in [5.41, 5.74) is 0.929. The Morgan fingerprint density at radius 1 is 1.27 bits per heavy atom. The molecule has 0 N–H and O–H groups in total. The van der Waals surface area contributed by atoms with Gasteiger partial charge in [0, 0.05) is 14.2 Å². The van der Waals surface area contributed by atoms with Gasteiger partial charge < -0.3 is 9.05 Å². The quantitative estimate of drug-likeness (QED) is 0.790. The topological polar surface area (TPSA) is 35.5 Å². The Hall–Kier alpha value is -0.410. The highest BCUT2D eigenvalue weighted by molar-refractivity contribution is 9.13. The largest absolute Gasteiger partial charge is 0.367 e. The molecule has 0 radical (unpaired) electrons. The molecule has 1 aromatic rings. The second kappa shape index (κ2) is 5.61. The molecule has 0 saturated carbocycles. The minimum atomic E-state index is -3.16. The molecule has 0 bridgehead atoms. The highest BCUT2D eigenvalue weighted by Crippen LogP contribution is 2.57. The van der Waals surface area contributed by atoms with Crippen molar-refractivity contribution in [1.82, 2.24) is 0 Å². The molecular formula is C10H12BrO3P. The van der Waals surface area contributed by atoms with Crippen LogP contribution in [0.15, 0.2) is 34.6 Å². The van der Waals surface area contributed by atoms with Gasteiger partial charge in [0.25, 0.3) is 0 Å². The Morgan fingerprint density at radius 3 is 2.27 bits per heavy atom. The predicted molar refractivity (Wildman–Crippen MR) is 65.0 cm³/mol. The minimum Gasteiger partial charge on any atom is -0.308 e. The summed E-state index contributed by atoms with van der Waals surface area (Å²) in [6, 6.07) is 9.51. The van der Waals surface area contributed by atoms with Crippen molar-refractivity contribution in [3.8, 4) is 0 Å². The van der Waals surface area contributed by atoms with Crippen LogP contribution in [-0.4, -0.2) is 14.2 Å². The first-order valence-corrected chi connectivity index (χ1v) is 6.60. The van der Waals surface area contributed by atoms with Gasteiger partial charge in [0.05, 0.1) is 0 Å². The Morgan fingerprint density at radius 2 is 1.80 bits per heavy atom. The lowest BCUT2D eigenvalue weighted by Crippen LogP contribution is -1.87. The summed E-state index contributed by atoms with van der Waals surface area (Å²) in [6.07, 6.45) is 1.72. The smallest absolute Gasteiger partial charge is 0.308 e. The van der Waals surface area contributed by atoms with Gasteiger partial charge in [0.2, 0.25) is 0 Å². The Kier molecular flexibility index (Phi) is 4.74. The van der Waals surface area contributed by atoms with Crippen molar-refractivity contribution >= 4 is 29.6 Å². The maximum atomic E-state index is 11.9. The molecule has 0 fully saturated rings. The van der Waals surface area contributed by atoms with Crippen molar-refractivity contribution in [3.63, 3.8) is 0 Å². The fourth-order valence-corrected chi connectivity index (χ4v) is 2.95. The Balaban J connectivity index is 2.99. The van der Waals surface area contributed by atoms with E-state index >= 15 is 0 Å². The summed E-state index contributed by atoms with van der Waals surface area (Å²) in [5.74, 6) is 0. The molecular weight excluding hydrogens is 279 g/mol. The third-order valence-corrected chi connectivity index (χ3v) is 4.97. The van der Waals surface area contributed by atoms with Gasteiger partial charge in [-0.05, 0) is 27.6 Å². The van der Waals surface area contributed by atoms with E-state index in [0.29, 0.717) is 4.22 Å². The Bertz CT molecular complexity index is 381. The van der Waals surface area contributed by atoms with Crippen LogP contribution in [0.25, 0.3) is 6.08 Å². The van der Waals surface area contributed by atoms with Crippen molar-refractivity contribution in [3.05, 3.63) is 40.1 Å². The average molecular weight is 291 g/mol. The molecule has 0 heterocycles. The van der Waals surface area contributed by atoms with Gasteiger partial charge >= 0.3 is 7.60 Å². The van der Waals surface area contributed by atoms with E-state index in [1.54, 1.807) is 6.08 Å². The average Bonchev–Trinajstić information content (AvgIpc) is 2.29. The molecule has 0 unspecified atom stereocenters. The lowest BCUT2D eigenvalue weighted by molar-refractivity contribution is 0.286. The number of halogens is 1. The molecule has 0 aliphatic heterocycles. The molecule has 0 amide bonds. The molecule has 0 spiro atoms. The second-order valence-electron chi connectivity index (χ2n) is 2.74. The highest BCUT2D eigenvalue weighted by atomic mass is 79.9. The molecule has 15 heavy (non-hydrogen) atoms. The van der Waals surface area contributed by atoms with Crippen LogP contribution in [-0.2, 0) is 13.6 Å². The number of hydrogen-bond acceptors (Lipinski definition) is 3. The van der Waals surface area contributed by atoms with E-state index in [-0.39, 0.29) is 0 Å². The molecule has 82 valence electrons. The van der Waals surface area contributed by atoms with Crippen molar-refractivity contribution in [1.29, 1.82) is 0 Å². The van der Waals surface area contributed by atoms with E-state index in [1.165, 1.54) is 14.2 Å². The van der Waals surface area contributed by atoms with Gasteiger partial charge in [-0.3, -0.25) is 4.57 Å². The molecule has 0 atom stereocenters.